The van der Waals surface area contributed by atoms with Crippen molar-refractivity contribution in [3.63, 3.8) is 0 Å². The molecule has 2 unspecified atom stereocenters. The first-order valence-electron chi connectivity index (χ1n) is 10.8. The first-order valence-corrected chi connectivity index (χ1v) is 12.3. The van der Waals surface area contributed by atoms with Crippen LogP contribution in [0.5, 0.6) is 0 Å². The number of anilines is 1. The Labute approximate surface area is 177 Å². The molecule has 1 aromatic carbocycles. The Balaban J connectivity index is 1.26. The van der Waals surface area contributed by atoms with E-state index in [0.717, 1.165) is 32.1 Å². The van der Waals surface area contributed by atoms with E-state index in [2.05, 4.69) is 5.32 Å². The molecule has 30 heavy (non-hydrogen) atoms. The van der Waals surface area contributed by atoms with Crippen molar-refractivity contribution in [3.8, 4) is 0 Å². The third-order valence-electron chi connectivity index (χ3n) is 7.42. The molecule has 6 rings (SSSR count). The van der Waals surface area contributed by atoms with E-state index in [4.69, 9.17) is 0 Å². The third kappa shape index (κ3) is 3.50. The lowest BCUT2D eigenvalue weighted by atomic mass is 9.52. The number of carbonyl (C=O) groups excluding carboxylic acids is 1. The largest absolute Gasteiger partial charge is 0.390 e. The Bertz CT molecular complexity index is 824. The highest BCUT2D eigenvalue weighted by atomic mass is 32.3. The van der Waals surface area contributed by atoms with Crippen molar-refractivity contribution < 1.29 is 23.4 Å². The number of hydrogen-bond donors (Lipinski definition) is 4. The number of nitrogens with one attached hydrogen (secondary N) is 1. The predicted octanol–water partition coefficient (Wildman–Crippen LogP) is 2.97. The van der Waals surface area contributed by atoms with E-state index >= 15 is 0 Å². The maximum absolute atomic E-state index is 14.2. The van der Waals surface area contributed by atoms with Crippen LogP contribution in [0.25, 0.3) is 0 Å². The molecule has 2 atom stereocenters. The van der Waals surface area contributed by atoms with Gasteiger partial charge >= 0.3 is 0 Å². The van der Waals surface area contributed by atoms with Gasteiger partial charge in [-0.1, -0.05) is 12.1 Å². The maximum Gasteiger partial charge on any atom is 0.236 e. The fourth-order valence-corrected chi connectivity index (χ4v) is 8.19. The van der Waals surface area contributed by atoms with E-state index in [1.54, 1.807) is 12.1 Å². The quantitative estimate of drug-likeness (QED) is 0.576. The summed E-state index contributed by atoms with van der Waals surface area (Å²) in [6, 6.07) is 6.06. The summed E-state index contributed by atoms with van der Waals surface area (Å²) >= 11 is 0. The van der Waals surface area contributed by atoms with Gasteiger partial charge in [0, 0.05) is 19.1 Å². The summed E-state index contributed by atoms with van der Waals surface area (Å²) in [5.41, 5.74) is -0.419. The van der Waals surface area contributed by atoms with Crippen LogP contribution in [0.15, 0.2) is 24.3 Å². The standard InChI is InChI=1S/C21H30FN3O4S/c22-17-4-1-2-5-18(17)25-7-3-6-24(30(25,28)29)13-19(26)23-20-15-8-14-9-16(20)12-21(27,10-14)11-15/h1-2,4-5,14-16,20,27-29H,3,6-13H2,(H,23,26). The Morgan fingerprint density at radius 1 is 1.17 bits per heavy atom. The van der Waals surface area contributed by atoms with Gasteiger partial charge in [-0.15, -0.1) is 0 Å². The van der Waals surface area contributed by atoms with E-state index in [9.17, 15) is 23.4 Å². The first kappa shape index (κ1) is 20.5. The van der Waals surface area contributed by atoms with E-state index < -0.39 is 22.4 Å². The molecule has 5 fully saturated rings. The van der Waals surface area contributed by atoms with Crippen molar-refractivity contribution in [2.75, 3.05) is 23.9 Å². The molecule has 1 heterocycles. The number of carbonyl (C=O) groups is 1. The minimum atomic E-state index is -3.48. The van der Waals surface area contributed by atoms with Crippen molar-refractivity contribution >= 4 is 22.6 Å². The van der Waals surface area contributed by atoms with Gasteiger partial charge in [0.05, 0.1) is 17.8 Å². The van der Waals surface area contributed by atoms with Crippen LogP contribution in [-0.2, 0) is 4.79 Å². The second-order valence-electron chi connectivity index (χ2n) is 9.55. The van der Waals surface area contributed by atoms with E-state index in [-0.39, 0.29) is 24.2 Å². The fraction of sp³-hybridized carbons (Fsp3) is 0.667. The molecule has 4 N–H and O–H groups in total. The molecule has 0 radical (unpaired) electrons. The van der Waals surface area contributed by atoms with Gasteiger partial charge in [0.2, 0.25) is 5.91 Å². The van der Waals surface area contributed by atoms with Gasteiger partial charge in [0.25, 0.3) is 0 Å². The minimum absolute atomic E-state index is 0.0450. The van der Waals surface area contributed by atoms with Crippen molar-refractivity contribution in [2.45, 2.75) is 50.2 Å². The summed E-state index contributed by atoms with van der Waals surface area (Å²) in [7, 11) is -3.48. The van der Waals surface area contributed by atoms with Crippen molar-refractivity contribution in [1.29, 1.82) is 0 Å². The number of nitrogens with zero attached hydrogens (tertiary/aromatic N) is 2. The van der Waals surface area contributed by atoms with Crippen LogP contribution in [0.1, 0.15) is 38.5 Å². The molecule has 1 aromatic rings. The smallest absolute Gasteiger partial charge is 0.236 e. The number of rotatable bonds is 4. The van der Waals surface area contributed by atoms with Gasteiger partial charge in [-0.3, -0.25) is 18.2 Å². The van der Waals surface area contributed by atoms with Crippen molar-refractivity contribution in [3.05, 3.63) is 30.1 Å². The SMILES string of the molecule is O=C(CN1CCCN(c2ccccc2F)S1(O)O)NC1C2CC3CC1CC(O)(C3)C2. The van der Waals surface area contributed by atoms with Gasteiger partial charge in [0.15, 0.2) is 0 Å². The van der Waals surface area contributed by atoms with E-state index in [0.29, 0.717) is 37.3 Å². The number of para-hydroxylation sites is 1. The fourth-order valence-electron chi connectivity index (χ4n) is 6.46. The molecule has 1 amide bonds. The summed E-state index contributed by atoms with van der Waals surface area (Å²) in [4.78, 5) is 12.9. The molecule has 166 valence electrons. The van der Waals surface area contributed by atoms with Gasteiger partial charge < -0.3 is 10.4 Å². The molecule has 4 saturated carbocycles. The zero-order valence-electron chi connectivity index (χ0n) is 16.9. The van der Waals surface area contributed by atoms with Crippen LogP contribution >= 0.6 is 11.0 Å². The normalized spacial score (nSPS) is 38.5. The lowest BCUT2D eigenvalue weighted by Gasteiger charge is -2.58. The highest BCUT2D eigenvalue weighted by molar-refractivity contribution is 8.23. The number of amides is 1. The average molecular weight is 440 g/mol. The molecule has 4 bridgehead atoms. The predicted molar refractivity (Wildman–Crippen MR) is 113 cm³/mol. The number of benzene rings is 1. The van der Waals surface area contributed by atoms with E-state index in [1.165, 1.54) is 20.7 Å². The number of aliphatic hydroxyl groups is 1. The molecule has 9 heteroatoms. The minimum Gasteiger partial charge on any atom is -0.390 e. The molecule has 5 aliphatic rings. The molecular weight excluding hydrogens is 409 g/mol. The van der Waals surface area contributed by atoms with Gasteiger partial charge in [-0.05, 0) is 79.4 Å². The molecule has 0 aromatic heterocycles. The lowest BCUT2D eigenvalue weighted by Crippen LogP contribution is -2.62. The summed E-state index contributed by atoms with van der Waals surface area (Å²) < 4.78 is 38.6. The zero-order valence-corrected chi connectivity index (χ0v) is 17.7. The van der Waals surface area contributed by atoms with Crippen molar-refractivity contribution in [1.82, 2.24) is 9.62 Å². The molecule has 1 aliphatic heterocycles. The van der Waals surface area contributed by atoms with E-state index in [1.807, 2.05) is 0 Å². The average Bonchev–Trinajstić information content (AvgIpc) is 2.66. The highest BCUT2D eigenvalue weighted by Crippen LogP contribution is 2.56. The van der Waals surface area contributed by atoms with Crippen LogP contribution < -0.4 is 9.62 Å². The molecule has 0 spiro atoms. The van der Waals surface area contributed by atoms with Gasteiger partial charge in [0.1, 0.15) is 5.82 Å². The highest BCUT2D eigenvalue weighted by Gasteiger charge is 2.55. The van der Waals surface area contributed by atoms with Gasteiger partial charge in [-0.25, -0.2) is 4.39 Å². The van der Waals surface area contributed by atoms with Gasteiger partial charge in [-0.2, -0.15) is 4.31 Å². The Morgan fingerprint density at radius 2 is 1.87 bits per heavy atom. The van der Waals surface area contributed by atoms with Crippen LogP contribution in [0.3, 0.4) is 0 Å². The zero-order chi connectivity index (χ0) is 21.1. The third-order valence-corrected chi connectivity index (χ3v) is 9.40. The topological polar surface area (TPSA) is 96.3 Å². The summed E-state index contributed by atoms with van der Waals surface area (Å²) in [5, 5.41) is 13.9. The summed E-state index contributed by atoms with van der Waals surface area (Å²) in [5.74, 6) is 0.387. The molecule has 1 saturated heterocycles. The number of halogens is 1. The molecule has 7 nitrogen and oxygen atoms in total. The maximum atomic E-state index is 14.2. The summed E-state index contributed by atoms with van der Waals surface area (Å²) in [6.45, 7) is 0.533. The van der Waals surface area contributed by atoms with Crippen LogP contribution in [-0.4, -0.2) is 55.7 Å². The van der Waals surface area contributed by atoms with Crippen LogP contribution in [0.2, 0.25) is 0 Å². The van der Waals surface area contributed by atoms with Crippen LogP contribution in [0.4, 0.5) is 10.1 Å². The summed E-state index contributed by atoms with van der Waals surface area (Å²) in [6.07, 6.45) is 5.06. The first-order chi connectivity index (χ1) is 14.2. The number of hydrogen-bond acceptors (Lipinski definition) is 6. The second kappa shape index (κ2) is 7.34. The molecular formula is C21H30FN3O4S. The Hall–Kier alpha value is -1.39. The lowest BCUT2D eigenvalue weighted by molar-refractivity contribution is -0.146. The molecule has 4 aliphatic carbocycles. The Kier molecular flexibility index (Phi) is 5.02. The Morgan fingerprint density at radius 3 is 2.53 bits per heavy atom. The monoisotopic (exact) mass is 439 g/mol. The second-order valence-corrected chi connectivity index (χ2v) is 11.5. The van der Waals surface area contributed by atoms with Crippen molar-refractivity contribution in [2.24, 2.45) is 17.8 Å². The van der Waals surface area contributed by atoms with Crippen LogP contribution in [0, 0.1) is 23.6 Å².